The Morgan fingerprint density at radius 2 is 1.54 bits per heavy atom. The fourth-order valence-electron chi connectivity index (χ4n) is 4.32. The zero-order chi connectivity index (χ0) is 18.1. The molecular weight excluding hydrogens is 326 g/mol. The lowest BCUT2D eigenvalue weighted by molar-refractivity contribution is -0.151. The standard InChI is InChI=1S/C22H23NO3/c24-21(12-15-9-10-16-5-1-2-6-17(16)11-15)23-14-19-8-4-3-7-18(19)13-20(23)22(25)26/h1-8,15,20H,9-14H2,(H,25,26). The van der Waals surface area contributed by atoms with Gasteiger partial charge in [0.2, 0.25) is 5.91 Å². The highest BCUT2D eigenvalue weighted by atomic mass is 16.4. The van der Waals surface area contributed by atoms with Crippen LogP contribution in [0.3, 0.4) is 0 Å². The minimum Gasteiger partial charge on any atom is -0.480 e. The topological polar surface area (TPSA) is 57.6 Å². The molecule has 2 aliphatic rings. The molecule has 2 aromatic carbocycles. The Kier molecular flexibility index (Phi) is 4.49. The number of aliphatic carboxylic acids is 1. The number of aryl methyl sites for hydroxylation is 1. The summed E-state index contributed by atoms with van der Waals surface area (Å²) in [5, 5.41) is 9.63. The smallest absolute Gasteiger partial charge is 0.326 e. The van der Waals surface area contributed by atoms with Crippen molar-refractivity contribution in [1.29, 1.82) is 0 Å². The van der Waals surface area contributed by atoms with Crippen LogP contribution in [-0.4, -0.2) is 27.9 Å². The Bertz CT molecular complexity index is 845. The van der Waals surface area contributed by atoms with Crippen LogP contribution >= 0.6 is 0 Å². The van der Waals surface area contributed by atoms with Gasteiger partial charge in [-0.1, -0.05) is 48.5 Å². The van der Waals surface area contributed by atoms with E-state index in [1.807, 2.05) is 30.3 Å². The first-order chi connectivity index (χ1) is 12.6. The summed E-state index contributed by atoms with van der Waals surface area (Å²) < 4.78 is 0. The average Bonchev–Trinajstić information content (AvgIpc) is 2.66. The molecule has 0 saturated carbocycles. The predicted molar refractivity (Wildman–Crippen MR) is 98.7 cm³/mol. The largest absolute Gasteiger partial charge is 0.480 e. The van der Waals surface area contributed by atoms with Crippen molar-refractivity contribution >= 4 is 11.9 Å². The maximum absolute atomic E-state index is 13.0. The normalized spacial score (nSPS) is 21.6. The monoisotopic (exact) mass is 349 g/mol. The molecule has 0 bridgehead atoms. The molecule has 4 heteroatoms. The number of fused-ring (bicyclic) bond motifs is 2. The van der Waals surface area contributed by atoms with Crippen molar-refractivity contribution in [2.45, 2.75) is 44.7 Å². The van der Waals surface area contributed by atoms with E-state index < -0.39 is 12.0 Å². The molecule has 134 valence electrons. The van der Waals surface area contributed by atoms with Crippen LogP contribution < -0.4 is 0 Å². The van der Waals surface area contributed by atoms with Crippen LogP contribution in [0.25, 0.3) is 0 Å². The van der Waals surface area contributed by atoms with E-state index in [0.717, 1.165) is 30.4 Å². The zero-order valence-electron chi connectivity index (χ0n) is 14.7. The summed E-state index contributed by atoms with van der Waals surface area (Å²) in [6.45, 7) is 0.398. The van der Waals surface area contributed by atoms with E-state index in [4.69, 9.17) is 0 Å². The number of nitrogens with zero attached hydrogens (tertiary/aromatic N) is 1. The highest BCUT2D eigenvalue weighted by Crippen LogP contribution is 2.30. The number of amides is 1. The molecule has 1 aliphatic carbocycles. The van der Waals surface area contributed by atoms with E-state index in [1.165, 1.54) is 11.1 Å². The van der Waals surface area contributed by atoms with Gasteiger partial charge in [-0.2, -0.15) is 0 Å². The van der Waals surface area contributed by atoms with Crippen LogP contribution in [0.4, 0.5) is 0 Å². The Morgan fingerprint density at radius 1 is 0.923 bits per heavy atom. The van der Waals surface area contributed by atoms with Crippen molar-refractivity contribution in [3.63, 3.8) is 0 Å². The quantitative estimate of drug-likeness (QED) is 0.926. The summed E-state index contributed by atoms with van der Waals surface area (Å²) in [6.07, 6.45) is 3.72. The highest BCUT2D eigenvalue weighted by Gasteiger charge is 2.35. The molecule has 2 unspecified atom stereocenters. The Morgan fingerprint density at radius 3 is 2.23 bits per heavy atom. The van der Waals surface area contributed by atoms with Gasteiger partial charge in [0.1, 0.15) is 6.04 Å². The summed E-state index contributed by atoms with van der Waals surface area (Å²) in [7, 11) is 0. The maximum Gasteiger partial charge on any atom is 0.326 e. The number of hydrogen-bond donors (Lipinski definition) is 1. The minimum absolute atomic E-state index is 0.0312. The molecular formula is C22H23NO3. The minimum atomic E-state index is -0.915. The van der Waals surface area contributed by atoms with Gasteiger partial charge in [0.15, 0.2) is 0 Å². The van der Waals surface area contributed by atoms with E-state index >= 15 is 0 Å². The van der Waals surface area contributed by atoms with Gasteiger partial charge in [-0.15, -0.1) is 0 Å². The SMILES string of the molecule is O=C(O)C1Cc2ccccc2CN1C(=O)CC1CCc2ccccc2C1. The van der Waals surface area contributed by atoms with Gasteiger partial charge in [0.25, 0.3) is 0 Å². The van der Waals surface area contributed by atoms with Gasteiger partial charge < -0.3 is 10.0 Å². The van der Waals surface area contributed by atoms with Crippen molar-refractivity contribution < 1.29 is 14.7 Å². The molecule has 1 aliphatic heterocycles. The second kappa shape index (κ2) is 6.94. The fraction of sp³-hybridized carbons (Fsp3) is 0.364. The number of carbonyl (C=O) groups is 2. The third-order valence-corrected chi connectivity index (χ3v) is 5.77. The second-order valence-corrected chi connectivity index (χ2v) is 7.43. The first-order valence-electron chi connectivity index (χ1n) is 9.27. The molecule has 0 fully saturated rings. The van der Waals surface area contributed by atoms with E-state index in [0.29, 0.717) is 25.3 Å². The van der Waals surface area contributed by atoms with Crippen LogP contribution in [0.15, 0.2) is 48.5 Å². The van der Waals surface area contributed by atoms with Crippen molar-refractivity contribution in [2.24, 2.45) is 5.92 Å². The van der Waals surface area contributed by atoms with Gasteiger partial charge in [0, 0.05) is 19.4 Å². The number of rotatable bonds is 3. The number of carboxylic acids is 1. The summed E-state index contributed by atoms with van der Waals surface area (Å²) in [5.74, 6) is -0.651. The van der Waals surface area contributed by atoms with Gasteiger partial charge in [-0.25, -0.2) is 4.79 Å². The third kappa shape index (κ3) is 3.24. The number of hydrogen-bond acceptors (Lipinski definition) is 2. The van der Waals surface area contributed by atoms with Crippen LogP contribution in [0.1, 0.15) is 35.1 Å². The van der Waals surface area contributed by atoms with Crippen LogP contribution in [0.2, 0.25) is 0 Å². The molecule has 0 aromatic heterocycles. The van der Waals surface area contributed by atoms with Crippen LogP contribution in [0, 0.1) is 5.92 Å². The van der Waals surface area contributed by atoms with E-state index in [2.05, 4.69) is 18.2 Å². The molecule has 1 amide bonds. The highest BCUT2D eigenvalue weighted by molar-refractivity contribution is 5.84. The first-order valence-corrected chi connectivity index (χ1v) is 9.27. The molecule has 0 spiro atoms. The Balaban J connectivity index is 1.49. The molecule has 4 rings (SSSR count). The summed E-state index contributed by atoms with van der Waals surface area (Å²) >= 11 is 0. The van der Waals surface area contributed by atoms with E-state index in [-0.39, 0.29) is 5.91 Å². The molecule has 2 aromatic rings. The third-order valence-electron chi connectivity index (χ3n) is 5.77. The summed E-state index contributed by atoms with van der Waals surface area (Å²) in [6, 6.07) is 15.5. The fourth-order valence-corrected chi connectivity index (χ4v) is 4.32. The average molecular weight is 349 g/mol. The number of carbonyl (C=O) groups excluding carboxylic acids is 1. The van der Waals surface area contributed by atoms with Crippen molar-refractivity contribution in [2.75, 3.05) is 0 Å². The first kappa shape index (κ1) is 16.8. The molecule has 4 nitrogen and oxygen atoms in total. The van der Waals surface area contributed by atoms with Gasteiger partial charge >= 0.3 is 5.97 Å². The Hall–Kier alpha value is -2.62. The van der Waals surface area contributed by atoms with Gasteiger partial charge in [-0.05, 0) is 47.4 Å². The van der Waals surface area contributed by atoms with Crippen molar-refractivity contribution in [1.82, 2.24) is 4.90 Å². The zero-order valence-corrected chi connectivity index (χ0v) is 14.7. The predicted octanol–water partition coefficient (Wildman–Crippen LogP) is 3.22. The van der Waals surface area contributed by atoms with E-state index in [1.54, 1.807) is 4.90 Å². The van der Waals surface area contributed by atoms with Crippen molar-refractivity contribution in [3.05, 3.63) is 70.8 Å². The van der Waals surface area contributed by atoms with E-state index in [9.17, 15) is 14.7 Å². The van der Waals surface area contributed by atoms with Gasteiger partial charge in [-0.3, -0.25) is 4.79 Å². The maximum atomic E-state index is 13.0. The molecule has 2 atom stereocenters. The second-order valence-electron chi connectivity index (χ2n) is 7.43. The molecule has 1 heterocycles. The van der Waals surface area contributed by atoms with Crippen LogP contribution in [-0.2, 0) is 35.4 Å². The number of carboxylic acid groups (broad SMARTS) is 1. The van der Waals surface area contributed by atoms with Crippen LogP contribution in [0.5, 0.6) is 0 Å². The molecule has 1 N–H and O–H groups in total. The lowest BCUT2D eigenvalue weighted by Crippen LogP contribution is -2.49. The van der Waals surface area contributed by atoms with Gasteiger partial charge in [0.05, 0.1) is 0 Å². The summed E-state index contributed by atoms with van der Waals surface area (Å²) in [4.78, 5) is 26.3. The van der Waals surface area contributed by atoms with Crippen molar-refractivity contribution in [3.8, 4) is 0 Å². The number of benzene rings is 2. The molecule has 0 radical (unpaired) electrons. The summed E-state index contributed by atoms with van der Waals surface area (Å²) in [5.41, 5.74) is 4.81. The lowest BCUT2D eigenvalue weighted by atomic mass is 9.82. The molecule has 0 saturated heterocycles. The molecule has 26 heavy (non-hydrogen) atoms. The lowest BCUT2D eigenvalue weighted by Gasteiger charge is -2.36. The Labute approximate surface area is 153 Å².